The molecule has 0 unspecified atom stereocenters. The SMILES string of the molecule is CC[C@H]1CC[C@H](CCC2CCC(c3cc(F)c(C)c(F)c3F)CC2)CC1. The minimum absolute atomic E-state index is 0.0316. The van der Waals surface area contributed by atoms with Crippen molar-refractivity contribution in [2.75, 3.05) is 0 Å². The molecule has 0 amide bonds. The fraction of sp³-hybridized carbons (Fsp3) is 0.739. The molecule has 1 aromatic carbocycles. The first kappa shape index (κ1) is 19.8. The Hall–Kier alpha value is -0.990. The van der Waals surface area contributed by atoms with Crippen molar-refractivity contribution in [1.82, 2.24) is 0 Å². The molecule has 0 radical (unpaired) electrons. The number of halogens is 3. The van der Waals surface area contributed by atoms with E-state index in [9.17, 15) is 13.2 Å². The van der Waals surface area contributed by atoms with Crippen LogP contribution in [-0.4, -0.2) is 0 Å². The van der Waals surface area contributed by atoms with Crippen LogP contribution in [0.2, 0.25) is 0 Å². The third kappa shape index (κ3) is 4.46. The summed E-state index contributed by atoms with van der Waals surface area (Å²) in [6, 6.07) is 1.23. The fourth-order valence-corrected chi connectivity index (χ4v) is 5.16. The highest BCUT2D eigenvalue weighted by molar-refractivity contribution is 5.30. The van der Waals surface area contributed by atoms with Gasteiger partial charge in [0.15, 0.2) is 11.6 Å². The second-order valence-corrected chi connectivity index (χ2v) is 8.79. The summed E-state index contributed by atoms with van der Waals surface area (Å²) in [5, 5.41) is 0. The largest absolute Gasteiger partial charge is 0.207 e. The van der Waals surface area contributed by atoms with E-state index in [4.69, 9.17) is 0 Å². The van der Waals surface area contributed by atoms with Crippen molar-refractivity contribution in [3.63, 3.8) is 0 Å². The van der Waals surface area contributed by atoms with Crippen LogP contribution in [0, 0.1) is 42.1 Å². The lowest BCUT2D eigenvalue weighted by atomic mass is 9.74. The molecular formula is C23H33F3. The van der Waals surface area contributed by atoms with Crippen LogP contribution in [0.4, 0.5) is 13.2 Å². The van der Waals surface area contributed by atoms with E-state index in [1.165, 1.54) is 57.9 Å². The number of hydrogen-bond donors (Lipinski definition) is 0. The zero-order valence-corrected chi connectivity index (χ0v) is 16.3. The second kappa shape index (κ2) is 8.80. The van der Waals surface area contributed by atoms with Gasteiger partial charge in [0.25, 0.3) is 0 Å². The summed E-state index contributed by atoms with van der Waals surface area (Å²) in [5.74, 6) is 0.0582. The molecule has 2 saturated carbocycles. The summed E-state index contributed by atoms with van der Waals surface area (Å²) < 4.78 is 41.9. The molecule has 26 heavy (non-hydrogen) atoms. The predicted molar refractivity (Wildman–Crippen MR) is 101 cm³/mol. The molecule has 0 spiro atoms. The van der Waals surface area contributed by atoms with Crippen molar-refractivity contribution in [3.8, 4) is 0 Å². The molecule has 3 heteroatoms. The van der Waals surface area contributed by atoms with Crippen LogP contribution in [0.1, 0.15) is 94.6 Å². The van der Waals surface area contributed by atoms with Gasteiger partial charge in [0.1, 0.15) is 5.82 Å². The van der Waals surface area contributed by atoms with Crippen LogP contribution in [0.5, 0.6) is 0 Å². The first-order valence-corrected chi connectivity index (χ1v) is 10.6. The number of hydrogen-bond acceptors (Lipinski definition) is 0. The molecule has 2 aliphatic carbocycles. The van der Waals surface area contributed by atoms with Crippen LogP contribution >= 0.6 is 0 Å². The van der Waals surface area contributed by atoms with Crippen LogP contribution in [0.25, 0.3) is 0 Å². The highest BCUT2D eigenvalue weighted by Crippen LogP contribution is 2.41. The Morgan fingerprint density at radius 1 is 0.769 bits per heavy atom. The summed E-state index contributed by atoms with van der Waals surface area (Å²) in [4.78, 5) is 0. The van der Waals surface area contributed by atoms with Gasteiger partial charge < -0.3 is 0 Å². The smallest absolute Gasteiger partial charge is 0.164 e. The van der Waals surface area contributed by atoms with Crippen LogP contribution in [0.15, 0.2) is 6.07 Å². The summed E-state index contributed by atoms with van der Waals surface area (Å²) in [6.07, 6.45) is 13.3. The van der Waals surface area contributed by atoms with Gasteiger partial charge in [-0.1, -0.05) is 51.9 Å². The summed E-state index contributed by atoms with van der Waals surface area (Å²) in [7, 11) is 0. The lowest BCUT2D eigenvalue weighted by Crippen LogP contribution is -2.18. The molecule has 1 aromatic rings. The van der Waals surface area contributed by atoms with Gasteiger partial charge in [0.2, 0.25) is 0 Å². The highest BCUT2D eigenvalue weighted by atomic mass is 19.2. The maximum absolute atomic E-state index is 14.2. The third-order valence-electron chi connectivity index (χ3n) is 7.23. The molecule has 2 aliphatic rings. The van der Waals surface area contributed by atoms with E-state index in [-0.39, 0.29) is 17.0 Å². The monoisotopic (exact) mass is 366 g/mol. The van der Waals surface area contributed by atoms with Gasteiger partial charge in [-0.15, -0.1) is 0 Å². The van der Waals surface area contributed by atoms with Gasteiger partial charge >= 0.3 is 0 Å². The maximum atomic E-state index is 14.2. The van der Waals surface area contributed by atoms with Crippen molar-refractivity contribution in [2.24, 2.45) is 17.8 Å². The van der Waals surface area contributed by atoms with Crippen LogP contribution in [0.3, 0.4) is 0 Å². The zero-order valence-electron chi connectivity index (χ0n) is 16.3. The number of rotatable bonds is 5. The van der Waals surface area contributed by atoms with E-state index in [1.807, 2.05) is 0 Å². The van der Waals surface area contributed by atoms with Gasteiger partial charge in [-0.25, -0.2) is 13.2 Å². The van der Waals surface area contributed by atoms with Crippen molar-refractivity contribution in [3.05, 3.63) is 34.6 Å². The molecule has 0 nitrogen and oxygen atoms in total. The highest BCUT2D eigenvalue weighted by Gasteiger charge is 2.28. The lowest BCUT2D eigenvalue weighted by molar-refractivity contribution is 0.227. The Kier molecular flexibility index (Phi) is 6.69. The maximum Gasteiger partial charge on any atom is 0.164 e. The van der Waals surface area contributed by atoms with E-state index in [1.54, 1.807) is 0 Å². The Morgan fingerprint density at radius 3 is 1.81 bits per heavy atom. The quantitative estimate of drug-likeness (QED) is 0.469. The molecule has 0 aromatic heterocycles. The Balaban J connectivity index is 1.48. The van der Waals surface area contributed by atoms with E-state index >= 15 is 0 Å². The topological polar surface area (TPSA) is 0 Å². The average Bonchev–Trinajstić information content (AvgIpc) is 2.68. The van der Waals surface area contributed by atoms with Crippen molar-refractivity contribution in [1.29, 1.82) is 0 Å². The molecule has 0 atom stereocenters. The van der Waals surface area contributed by atoms with E-state index in [0.29, 0.717) is 5.92 Å². The normalized spacial score (nSPS) is 29.7. The Bertz CT molecular complexity index is 594. The Labute approximate surface area is 156 Å². The lowest BCUT2D eigenvalue weighted by Gasteiger charge is -2.32. The van der Waals surface area contributed by atoms with E-state index < -0.39 is 17.5 Å². The number of benzene rings is 1. The van der Waals surface area contributed by atoms with Gasteiger partial charge in [-0.3, -0.25) is 0 Å². The van der Waals surface area contributed by atoms with Crippen LogP contribution in [-0.2, 0) is 0 Å². The summed E-state index contributed by atoms with van der Waals surface area (Å²) in [5.41, 5.74) is 0.0414. The van der Waals surface area contributed by atoms with Crippen molar-refractivity contribution in [2.45, 2.75) is 90.4 Å². The molecule has 146 valence electrons. The average molecular weight is 367 g/mol. The molecular weight excluding hydrogens is 333 g/mol. The van der Waals surface area contributed by atoms with Gasteiger partial charge in [-0.05, 0) is 67.9 Å². The third-order valence-corrected chi connectivity index (χ3v) is 7.23. The standard InChI is InChI=1S/C23H33F3/c1-3-16-4-6-17(7-5-16)8-9-18-10-12-19(13-11-18)20-14-21(24)15(2)22(25)23(20)26/h14,16-19H,3-13H2,1-2H3/t16-,17-,18?,19?. The zero-order chi connectivity index (χ0) is 18.7. The van der Waals surface area contributed by atoms with Gasteiger partial charge in [0, 0.05) is 5.56 Å². The molecule has 0 saturated heterocycles. The van der Waals surface area contributed by atoms with Crippen LogP contribution < -0.4 is 0 Å². The van der Waals surface area contributed by atoms with E-state index in [0.717, 1.165) is 37.5 Å². The first-order chi connectivity index (χ1) is 12.5. The molecule has 3 rings (SSSR count). The molecule has 0 bridgehead atoms. The molecule has 0 N–H and O–H groups in total. The van der Waals surface area contributed by atoms with Crippen molar-refractivity contribution >= 4 is 0 Å². The molecule has 0 heterocycles. The second-order valence-electron chi connectivity index (χ2n) is 8.79. The summed E-state index contributed by atoms with van der Waals surface area (Å²) >= 11 is 0. The minimum Gasteiger partial charge on any atom is -0.207 e. The molecule has 2 fully saturated rings. The fourth-order valence-electron chi connectivity index (χ4n) is 5.16. The summed E-state index contributed by atoms with van der Waals surface area (Å²) in [6.45, 7) is 3.60. The first-order valence-electron chi connectivity index (χ1n) is 10.6. The van der Waals surface area contributed by atoms with Gasteiger partial charge in [-0.2, -0.15) is 0 Å². The van der Waals surface area contributed by atoms with E-state index in [2.05, 4.69) is 6.92 Å². The predicted octanol–water partition coefficient (Wildman–Crippen LogP) is 7.68. The minimum atomic E-state index is -1.01. The van der Waals surface area contributed by atoms with Crippen molar-refractivity contribution < 1.29 is 13.2 Å². The Morgan fingerprint density at radius 2 is 1.27 bits per heavy atom. The molecule has 0 aliphatic heterocycles. The van der Waals surface area contributed by atoms with Gasteiger partial charge in [0.05, 0.1) is 0 Å².